The largest absolute Gasteiger partial charge is 0.470 e. The van der Waals surface area contributed by atoms with E-state index in [-0.39, 0.29) is 37.1 Å². The zero-order valence-electron chi connectivity index (χ0n) is 17.3. The second kappa shape index (κ2) is 8.81. The lowest BCUT2D eigenvalue weighted by molar-refractivity contribution is -0.0361. The second-order valence-electron chi connectivity index (χ2n) is 7.63. The van der Waals surface area contributed by atoms with E-state index in [0.717, 1.165) is 5.69 Å². The van der Waals surface area contributed by atoms with Crippen molar-refractivity contribution in [2.24, 2.45) is 5.73 Å². The number of anilines is 1. The first kappa shape index (κ1) is 21.5. The van der Waals surface area contributed by atoms with Gasteiger partial charge in [-0.1, -0.05) is 0 Å². The maximum absolute atomic E-state index is 13.5. The number of halogens is 2. The fourth-order valence-electron chi connectivity index (χ4n) is 3.33. The summed E-state index contributed by atoms with van der Waals surface area (Å²) in [4.78, 5) is 20.1. The number of primary amides is 1. The first-order chi connectivity index (χ1) is 15.3. The van der Waals surface area contributed by atoms with Crippen molar-refractivity contribution in [1.29, 1.82) is 0 Å². The van der Waals surface area contributed by atoms with Gasteiger partial charge in [0.2, 0.25) is 11.8 Å². The molecule has 1 amide bonds. The van der Waals surface area contributed by atoms with E-state index in [1.165, 1.54) is 16.8 Å². The van der Waals surface area contributed by atoms with Crippen LogP contribution in [0.4, 0.5) is 14.6 Å². The van der Waals surface area contributed by atoms with Crippen molar-refractivity contribution < 1.29 is 18.3 Å². The number of hydrogen-bond donors (Lipinski definition) is 2. The third-order valence-corrected chi connectivity index (χ3v) is 5.02. The molecule has 12 heteroatoms. The summed E-state index contributed by atoms with van der Waals surface area (Å²) in [5.41, 5.74) is 6.50. The number of carbonyl (C=O) groups is 1. The van der Waals surface area contributed by atoms with Gasteiger partial charge in [-0.15, -0.1) is 10.2 Å². The van der Waals surface area contributed by atoms with Crippen molar-refractivity contribution >= 4 is 11.7 Å². The van der Waals surface area contributed by atoms with Gasteiger partial charge in [0.15, 0.2) is 5.69 Å². The van der Waals surface area contributed by atoms with Crippen LogP contribution >= 0.6 is 0 Å². The Balaban J connectivity index is 1.52. The van der Waals surface area contributed by atoms with Crippen LogP contribution in [-0.4, -0.2) is 47.8 Å². The monoisotopic (exact) mass is 444 g/mol. The van der Waals surface area contributed by atoms with Crippen LogP contribution < -0.4 is 15.8 Å². The van der Waals surface area contributed by atoms with E-state index >= 15 is 0 Å². The van der Waals surface area contributed by atoms with Gasteiger partial charge < -0.3 is 15.8 Å². The third-order valence-electron chi connectivity index (χ3n) is 5.02. The minimum atomic E-state index is -2.61. The second-order valence-corrected chi connectivity index (χ2v) is 7.63. The van der Waals surface area contributed by atoms with E-state index < -0.39 is 11.8 Å². The highest BCUT2D eigenvalue weighted by Gasteiger charge is 2.35. The van der Waals surface area contributed by atoms with Gasteiger partial charge in [0.1, 0.15) is 12.4 Å². The average molecular weight is 444 g/mol. The molecule has 0 bridgehead atoms. The summed E-state index contributed by atoms with van der Waals surface area (Å²) in [6.07, 6.45) is 2.11. The maximum Gasteiger partial charge on any atom is 0.269 e. The molecule has 1 aliphatic carbocycles. The van der Waals surface area contributed by atoms with Crippen molar-refractivity contribution in [2.75, 3.05) is 5.32 Å². The number of amides is 1. The third kappa shape index (κ3) is 5.31. The molecule has 1 fully saturated rings. The zero-order chi connectivity index (χ0) is 22.7. The van der Waals surface area contributed by atoms with Crippen LogP contribution in [0.3, 0.4) is 0 Å². The Labute approximate surface area is 182 Å². The predicted octanol–water partition coefficient (Wildman–Crippen LogP) is 2.43. The molecule has 3 heterocycles. The molecule has 1 aliphatic rings. The molecule has 0 unspecified atom stereocenters. The standard InChI is InChI=1S/C20H22F2N8O2/c1-12-6-9-30(29-12)19-25-14(11-32-17-3-2-15(18(23)31)27-28-17)10-16(26-19)24-13-4-7-20(21,22)8-5-13/h2-3,6,9-10,13H,4-5,7-8,11H2,1H3,(H2,23,31)(H,24,25,26). The Hall–Kier alpha value is -3.70. The minimum absolute atomic E-state index is 0.0280. The highest BCUT2D eigenvalue weighted by molar-refractivity contribution is 5.90. The lowest BCUT2D eigenvalue weighted by Gasteiger charge is -2.29. The topological polar surface area (TPSA) is 134 Å². The van der Waals surface area contributed by atoms with Crippen molar-refractivity contribution in [3.05, 3.63) is 47.5 Å². The van der Waals surface area contributed by atoms with Gasteiger partial charge in [-0.3, -0.25) is 4.79 Å². The van der Waals surface area contributed by atoms with Crippen LogP contribution in [0, 0.1) is 6.92 Å². The summed E-state index contributed by atoms with van der Waals surface area (Å²) in [7, 11) is 0. The Morgan fingerprint density at radius 3 is 2.66 bits per heavy atom. The van der Waals surface area contributed by atoms with Gasteiger partial charge in [0.05, 0.1) is 11.4 Å². The van der Waals surface area contributed by atoms with Gasteiger partial charge in [0.25, 0.3) is 11.9 Å². The molecule has 3 N–H and O–H groups in total. The zero-order valence-corrected chi connectivity index (χ0v) is 17.3. The van der Waals surface area contributed by atoms with E-state index in [4.69, 9.17) is 10.5 Å². The van der Waals surface area contributed by atoms with Crippen LogP contribution in [0.2, 0.25) is 0 Å². The normalized spacial score (nSPS) is 16.0. The van der Waals surface area contributed by atoms with Crippen LogP contribution in [0.1, 0.15) is 47.6 Å². The number of aromatic nitrogens is 6. The van der Waals surface area contributed by atoms with Gasteiger partial charge in [0, 0.05) is 37.2 Å². The van der Waals surface area contributed by atoms with Crippen molar-refractivity contribution in [3.63, 3.8) is 0 Å². The first-order valence-electron chi connectivity index (χ1n) is 10.1. The Kier molecular flexibility index (Phi) is 5.93. The average Bonchev–Trinajstić information content (AvgIpc) is 3.20. The molecule has 1 saturated carbocycles. The van der Waals surface area contributed by atoms with Crippen LogP contribution in [-0.2, 0) is 6.61 Å². The number of nitrogens with one attached hydrogen (secondary N) is 1. The number of rotatable bonds is 7. The molecule has 32 heavy (non-hydrogen) atoms. The lowest BCUT2D eigenvalue weighted by Crippen LogP contribution is -2.32. The molecule has 0 atom stereocenters. The molecule has 4 rings (SSSR count). The molecule has 3 aromatic rings. The van der Waals surface area contributed by atoms with Crippen molar-refractivity contribution in [1.82, 2.24) is 29.9 Å². The Bertz CT molecular complexity index is 1090. The lowest BCUT2D eigenvalue weighted by atomic mass is 9.92. The molecule has 168 valence electrons. The number of nitrogens with two attached hydrogens (primary N) is 1. The fraction of sp³-hybridized carbons (Fsp3) is 0.400. The number of hydrogen-bond acceptors (Lipinski definition) is 8. The van der Waals surface area contributed by atoms with Gasteiger partial charge in [-0.05, 0) is 31.9 Å². The van der Waals surface area contributed by atoms with E-state index in [1.807, 2.05) is 13.0 Å². The van der Waals surface area contributed by atoms with Gasteiger partial charge >= 0.3 is 0 Å². The Morgan fingerprint density at radius 1 is 1.25 bits per heavy atom. The summed E-state index contributed by atoms with van der Waals surface area (Å²) in [5, 5.41) is 15.1. The van der Waals surface area contributed by atoms with E-state index in [2.05, 4.69) is 30.6 Å². The summed E-state index contributed by atoms with van der Waals surface area (Å²) in [6, 6.07) is 6.29. The first-order valence-corrected chi connectivity index (χ1v) is 10.1. The maximum atomic E-state index is 13.5. The molecular formula is C20H22F2N8O2. The smallest absolute Gasteiger partial charge is 0.269 e. The molecule has 0 aromatic carbocycles. The van der Waals surface area contributed by atoms with E-state index in [1.54, 1.807) is 12.3 Å². The fourth-order valence-corrected chi connectivity index (χ4v) is 3.33. The summed E-state index contributed by atoms with van der Waals surface area (Å²) in [5.74, 6) is -2.29. The molecular weight excluding hydrogens is 422 g/mol. The van der Waals surface area contributed by atoms with Gasteiger partial charge in [-0.25, -0.2) is 18.4 Å². The molecule has 3 aromatic heterocycles. The Morgan fingerprint density at radius 2 is 2.03 bits per heavy atom. The number of ether oxygens (including phenoxy) is 1. The number of alkyl halides is 2. The molecule has 0 radical (unpaired) electrons. The molecule has 10 nitrogen and oxygen atoms in total. The molecule has 0 aliphatic heterocycles. The van der Waals surface area contributed by atoms with Crippen LogP contribution in [0.25, 0.3) is 5.95 Å². The van der Waals surface area contributed by atoms with Crippen molar-refractivity contribution in [2.45, 2.75) is 51.2 Å². The van der Waals surface area contributed by atoms with Crippen LogP contribution in [0.5, 0.6) is 5.88 Å². The van der Waals surface area contributed by atoms with E-state index in [0.29, 0.717) is 30.3 Å². The number of nitrogens with zero attached hydrogens (tertiary/aromatic N) is 6. The summed E-state index contributed by atoms with van der Waals surface area (Å²) >= 11 is 0. The predicted molar refractivity (Wildman–Crippen MR) is 110 cm³/mol. The van der Waals surface area contributed by atoms with Gasteiger partial charge in [-0.2, -0.15) is 10.1 Å². The van der Waals surface area contributed by atoms with Crippen molar-refractivity contribution in [3.8, 4) is 11.8 Å². The highest BCUT2D eigenvalue weighted by Crippen LogP contribution is 2.34. The molecule has 0 saturated heterocycles. The van der Waals surface area contributed by atoms with E-state index in [9.17, 15) is 13.6 Å². The number of aryl methyl sites for hydroxylation is 1. The van der Waals surface area contributed by atoms with Crippen LogP contribution in [0.15, 0.2) is 30.5 Å². The SMILES string of the molecule is Cc1ccn(-c2nc(COc3ccc(C(N)=O)nn3)cc(NC3CCC(F)(F)CC3)n2)n1. The minimum Gasteiger partial charge on any atom is -0.470 e. The quantitative estimate of drug-likeness (QED) is 0.568. The summed E-state index contributed by atoms with van der Waals surface area (Å²) in [6.45, 7) is 1.89. The molecule has 0 spiro atoms. The summed E-state index contributed by atoms with van der Waals surface area (Å²) < 4.78 is 34.1. The highest BCUT2D eigenvalue weighted by atomic mass is 19.3. The number of carbonyl (C=O) groups excluding carboxylic acids is 1.